The van der Waals surface area contributed by atoms with E-state index in [2.05, 4.69) is 11.1 Å². The SMILES string of the molecule is O=C(O)c1cnc2cc(-c3cccs3)ccc2c1. The number of thiophene rings is 1. The van der Waals surface area contributed by atoms with Gasteiger partial charge < -0.3 is 5.11 Å². The van der Waals surface area contributed by atoms with Crippen molar-refractivity contribution < 1.29 is 9.90 Å². The number of carbonyl (C=O) groups is 1. The molecule has 0 bridgehead atoms. The highest BCUT2D eigenvalue weighted by Gasteiger charge is 2.06. The molecule has 88 valence electrons. The molecule has 3 nitrogen and oxygen atoms in total. The molecule has 4 heteroatoms. The average Bonchev–Trinajstić information content (AvgIpc) is 2.91. The van der Waals surface area contributed by atoms with Gasteiger partial charge in [0.1, 0.15) is 0 Å². The molecule has 1 N–H and O–H groups in total. The summed E-state index contributed by atoms with van der Waals surface area (Å²) < 4.78 is 0. The van der Waals surface area contributed by atoms with E-state index in [0.717, 1.165) is 16.5 Å². The van der Waals surface area contributed by atoms with Gasteiger partial charge in [0.15, 0.2) is 0 Å². The molecule has 2 heterocycles. The summed E-state index contributed by atoms with van der Waals surface area (Å²) >= 11 is 1.67. The summed E-state index contributed by atoms with van der Waals surface area (Å²) in [6.07, 6.45) is 1.39. The maximum Gasteiger partial charge on any atom is 0.337 e. The number of aromatic carboxylic acids is 1. The van der Waals surface area contributed by atoms with Gasteiger partial charge in [-0.25, -0.2) is 4.79 Å². The van der Waals surface area contributed by atoms with Gasteiger partial charge in [0.25, 0.3) is 0 Å². The first-order chi connectivity index (χ1) is 8.74. The zero-order chi connectivity index (χ0) is 12.5. The van der Waals surface area contributed by atoms with E-state index in [4.69, 9.17) is 5.11 Å². The van der Waals surface area contributed by atoms with E-state index in [1.54, 1.807) is 17.4 Å². The molecule has 18 heavy (non-hydrogen) atoms. The Labute approximate surface area is 107 Å². The molecule has 0 radical (unpaired) electrons. The minimum absolute atomic E-state index is 0.214. The predicted octanol–water partition coefficient (Wildman–Crippen LogP) is 3.66. The first kappa shape index (κ1) is 10.9. The minimum atomic E-state index is -0.952. The highest BCUT2D eigenvalue weighted by atomic mass is 32.1. The van der Waals surface area contributed by atoms with Crippen LogP contribution in [0, 0.1) is 0 Å². The van der Waals surface area contributed by atoms with Crippen LogP contribution in [0.4, 0.5) is 0 Å². The number of pyridine rings is 1. The lowest BCUT2D eigenvalue weighted by molar-refractivity contribution is 0.0696. The number of rotatable bonds is 2. The van der Waals surface area contributed by atoms with Crippen LogP contribution < -0.4 is 0 Å². The van der Waals surface area contributed by atoms with Crippen LogP contribution in [-0.2, 0) is 0 Å². The Kier molecular flexibility index (Phi) is 2.57. The van der Waals surface area contributed by atoms with E-state index >= 15 is 0 Å². The molecule has 0 amide bonds. The number of benzene rings is 1. The number of carboxylic acid groups (broad SMARTS) is 1. The van der Waals surface area contributed by atoms with Gasteiger partial charge in [-0.3, -0.25) is 4.98 Å². The molecule has 0 saturated heterocycles. The molecule has 0 unspecified atom stereocenters. The van der Waals surface area contributed by atoms with Crippen molar-refractivity contribution in [3.63, 3.8) is 0 Å². The van der Waals surface area contributed by atoms with Crippen molar-refractivity contribution in [2.45, 2.75) is 0 Å². The molecule has 0 aliphatic heterocycles. The molecular weight excluding hydrogens is 246 g/mol. The van der Waals surface area contributed by atoms with Crippen LogP contribution in [0.5, 0.6) is 0 Å². The fraction of sp³-hybridized carbons (Fsp3) is 0. The van der Waals surface area contributed by atoms with E-state index in [-0.39, 0.29) is 5.56 Å². The molecule has 3 rings (SSSR count). The zero-order valence-corrected chi connectivity index (χ0v) is 10.1. The summed E-state index contributed by atoms with van der Waals surface area (Å²) in [5, 5.41) is 11.8. The third-order valence-electron chi connectivity index (χ3n) is 2.74. The van der Waals surface area contributed by atoms with E-state index < -0.39 is 5.97 Å². The number of hydrogen-bond acceptors (Lipinski definition) is 3. The van der Waals surface area contributed by atoms with Gasteiger partial charge in [0.2, 0.25) is 0 Å². The quantitative estimate of drug-likeness (QED) is 0.760. The van der Waals surface area contributed by atoms with Crippen molar-refractivity contribution in [3.8, 4) is 10.4 Å². The Morgan fingerprint density at radius 1 is 1.22 bits per heavy atom. The van der Waals surface area contributed by atoms with Gasteiger partial charge in [0, 0.05) is 16.5 Å². The molecule has 0 atom stereocenters. The van der Waals surface area contributed by atoms with Crippen LogP contribution in [0.25, 0.3) is 21.3 Å². The maximum atomic E-state index is 10.9. The first-order valence-corrected chi connectivity index (χ1v) is 6.29. The van der Waals surface area contributed by atoms with Gasteiger partial charge in [-0.2, -0.15) is 0 Å². The normalized spacial score (nSPS) is 10.7. The number of nitrogens with zero attached hydrogens (tertiary/aromatic N) is 1. The maximum absolute atomic E-state index is 10.9. The van der Waals surface area contributed by atoms with Crippen molar-refractivity contribution >= 4 is 28.2 Å². The van der Waals surface area contributed by atoms with Crippen molar-refractivity contribution in [1.29, 1.82) is 0 Å². The van der Waals surface area contributed by atoms with Crippen molar-refractivity contribution in [2.24, 2.45) is 0 Å². The van der Waals surface area contributed by atoms with Crippen molar-refractivity contribution in [3.05, 3.63) is 53.5 Å². The van der Waals surface area contributed by atoms with Crippen LogP contribution in [0.2, 0.25) is 0 Å². The second kappa shape index (κ2) is 4.23. The summed E-state index contributed by atoms with van der Waals surface area (Å²) in [5.74, 6) is -0.952. The van der Waals surface area contributed by atoms with E-state index in [1.165, 1.54) is 11.1 Å². The fourth-order valence-corrected chi connectivity index (χ4v) is 2.56. The van der Waals surface area contributed by atoms with Gasteiger partial charge in [-0.1, -0.05) is 18.2 Å². The second-order valence-corrected chi connectivity index (χ2v) is 4.86. The number of carboxylic acids is 1. The fourth-order valence-electron chi connectivity index (χ4n) is 1.83. The smallest absolute Gasteiger partial charge is 0.337 e. The molecule has 0 saturated carbocycles. The minimum Gasteiger partial charge on any atom is -0.478 e. The van der Waals surface area contributed by atoms with Gasteiger partial charge >= 0.3 is 5.97 Å². The van der Waals surface area contributed by atoms with Gasteiger partial charge in [0.05, 0.1) is 11.1 Å². The lowest BCUT2D eigenvalue weighted by Crippen LogP contribution is -1.96. The Hall–Kier alpha value is -2.20. The Balaban J connectivity index is 2.14. The molecule has 3 aromatic rings. The van der Waals surface area contributed by atoms with Crippen LogP contribution >= 0.6 is 11.3 Å². The third kappa shape index (κ3) is 1.87. The summed E-state index contributed by atoms with van der Waals surface area (Å²) in [4.78, 5) is 16.2. The topological polar surface area (TPSA) is 50.2 Å². The van der Waals surface area contributed by atoms with E-state index in [9.17, 15) is 4.79 Å². The number of fused-ring (bicyclic) bond motifs is 1. The van der Waals surface area contributed by atoms with Crippen LogP contribution in [-0.4, -0.2) is 16.1 Å². The molecule has 1 aromatic carbocycles. The Bertz CT molecular complexity index is 720. The first-order valence-electron chi connectivity index (χ1n) is 5.41. The van der Waals surface area contributed by atoms with Crippen molar-refractivity contribution in [1.82, 2.24) is 4.98 Å². The lowest BCUT2D eigenvalue weighted by atomic mass is 10.1. The van der Waals surface area contributed by atoms with Crippen LogP contribution in [0.15, 0.2) is 48.0 Å². The molecule has 0 aliphatic rings. The van der Waals surface area contributed by atoms with Crippen LogP contribution in [0.1, 0.15) is 10.4 Å². The number of hydrogen-bond donors (Lipinski definition) is 1. The molecule has 0 fully saturated rings. The molecule has 0 spiro atoms. The average molecular weight is 255 g/mol. The highest BCUT2D eigenvalue weighted by molar-refractivity contribution is 7.13. The third-order valence-corrected chi connectivity index (χ3v) is 3.66. The predicted molar refractivity (Wildman–Crippen MR) is 72.0 cm³/mol. The van der Waals surface area contributed by atoms with E-state index in [1.807, 2.05) is 29.6 Å². The lowest BCUT2D eigenvalue weighted by Gasteiger charge is -2.02. The largest absolute Gasteiger partial charge is 0.478 e. The Morgan fingerprint density at radius 2 is 2.11 bits per heavy atom. The van der Waals surface area contributed by atoms with Gasteiger partial charge in [-0.05, 0) is 29.1 Å². The molecule has 0 aliphatic carbocycles. The summed E-state index contributed by atoms with van der Waals surface area (Å²) in [6, 6.07) is 11.6. The number of aromatic nitrogens is 1. The highest BCUT2D eigenvalue weighted by Crippen LogP contribution is 2.27. The van der Waals surface area contributed by atoms with Crippen LogP contribution in [0.3, 0.4) is 0 Å². The summed E-state index contributed by atoms with van der Waals surface area (Å²) in [6.45, 7) is 0. The molecular formula is C14H9NO2S. The Morgan fingerprint density at radius 3 is 2.83 bits per heavy atom. The molecule has 2 aromatic heterocycles. The standard InChI is InChI=1S/C14H9NO2S/c16-14(17)11-6-9-3-4-10(7-12(9)15-8-11)13-2-1-5-18-13/h1-8H,(H,16,17). The zero-order valence-electron chi connectivity index (χ0n) is 9.33. The summed E-state index contributed by atoms with van der Waals surface area (Å²) in [5.41, 5.74) is 2.13. The monoisotopic (exact) mass is 255 g/mol. The van der Waals surface area contributed by atoms with Crippen molar-refractivity contribution in [2.75, 3.05) is 0 Å². The van der Waals surface area contributed by atoms with E-state index in [0.29, 0.717) is 0 Å². The second-order valence-electron chi connectivity index (χ2n) is 3.91. The van der Waals surface area contributed by atoms with Gasteiger partial charge in [-0.15, -0.1) is 11.3 Å². The summed E-state index contributed by atoms with van der Waals surface area (Å²) in [7, 11) is 0.